The summed E-state index contributed by atoms with van der Waals surface area (Å²) in [7, 11) is 0. The number of halogens is 2. The van der Waals surface area contributed by atoms with Crippen LogP contribution in [0.15, 0.2) is 66.7 Å². The summed E-state index contributed by atoms with van der Waals surface area (Å²) in [5.41, 5.74) is 4.17. The Labute approximate surface area is 186 Å². The third-order valence-corrected chi connectivity index (χ3v) is 6.23. The maximum absolute atomic E-state index is 15.5. The molecule has 3 aromatic carbocycles. The van der Waals surface area contributed by atoms with E-state index in [1.54, 1.807) is 18.2 Å². The molecule has 1 aromatic heterocycles. The van der Waals surface area contributed by atoms with E-state index in [0.717, 1.165) is 30.1 Å². The first-order chi connectivity index (χ1) is 15.1. The van der Waals surface area contributed by atoms with Gasteiger partial charge in [0, 0.05) is 28.6 Å². The number of aromatic nitrogens is 1. The highest BCUT2D eigenvalue weighted by molar-refractivity contribution is 6.33. The Morgan fingerprint density at radius 1 is 1.00 bits per heavy atom. The van der Waals surface area contributed by atoms with Gasteiger partial charge in [0.15, 0.2) is 5.82 Å². The number of aromatic hydroxyl groups is 1. The van der Waals surface area contributed by atoms with Gasteiger partial charge >= 0.3 is 0 Å². The van der Waals surface area contributed by atoms with Crippen LogP contribution in [0.1, 0.15) is 24.0 Å². The number of benzene rings is 3. The second kappa shape index (κ2) is 8.37. The Balaban J connectivity index is 1.50. The van der Waals surface area contributed by atoms with E-state index in [9.17, 15) is 5.11 Å². The summed E-state index contributed by atoms with van der Waals surface area (Å²) >= 11 is 6.43. The number of hydrogen-bond acceptors (Lipinski definition) is 2. The van der Waals surface area contributed by atoms with Crippen LogP contribution in [0.25, 0.3) is 22.2 Å². The van der Waals surface area contributed by atoms with E-state index >= 15 is 4.39 Å². The molecule has 0 saturated heterocycles. The molecule has 4 aromatic rings. The minimum atomic E-state index is -0.373. The lowest BCUT2D eigenvalue weighted by Gasteiger charge is -2.13. The number of phenols is 1. The molecule has 0 bridgehead atoms. The van der Waals surface area contributed by atoms with Crippen molar-refractivity contribution in [3.05, 3.63) is 88.7 Å². The van der Waals surface area contributed by atoms with Crippen LogP contribution in [0.3, 0.4) is 0 Å². The summed E-state index contributed by atoms with van der Waals surface area (Å²) in [5, 5.41) is 14.3. The predicted octanol–water partition coefficient (Wildman–Crippen LogP) is 6.15. The molecule has 2 N–H and O–H groups in total. The average Bonchev–Trinajstić information content (AvgIpc) is 3.56. The van der Waals surface area contributed by atoms with Gasteiger partial charge in [-0.3, -0.25) is 0 Å². The zero-order chi connectivity index (χ0) is 21.4. The van der Waals surface area contributed by atoms with E-state index in [4.69, 9.17) is 11.6 Å². The van der Waals surface area contributed by atoms with Crippen LogP contribution in [0.4, 0.5) is 4.39 Å². The van der Waals surface area contributed by atoms with Crippen molar-refractivity contribution >= 4 is 22.5 Å². The second-order valence-corrected chi connectivity index (χ2v) is 8.63. The summed E-state index contributed by atoms with van der Waals surface area (Å²) in [6, 6.07) is 21.3. The highest BCUT2D eigenvalue weighted by atomic mass is 35.5. The molecule has 1 heterocycles. The molecule has 1 fully saturated rings. The van der Waals surface area contributed by atoms with Gasteiger partial charge in [0.05, 0.1) is 11.2 Å². The SMILES string of the molecule is Oc1ccc2c(c1)c(F)c(-c1ccccc1Cl)n2Cc1ccc(CCNC2CC2)cc1. The molecule has 5 rings (SSSR count). The van der Waals surface area contributed by atoms with E-state index in [1.165, 1.54) is 24.5 Å². The molecule has 0 unspecified atom stereocenters. The average molecular weight is 435 g/mol. The second-order valence-electron chi connectivity index (χ2n) is 8.22. The van der Waals surface area contributed by atoms with Crippen molar-refractivity contribution in [1.82, 2.24) is 9.88 Å². The van der Waals surface area contributed by atoms with Crippen LogP contribution in [-0.4, -0.2) is 22.3 Å². The Morgan fingerprint density at radius 2 is 1.74 bits per heavy atom. The van der Waals surface area contributed by atoms with Crippen molar-refractivity contribution < 1.29 is 9.50 Å². The molecule has 1 aliphatic carbocycles. The Hall–Kier alpha value is -2.82. The van der Waals surface area contributed by atoms with Crippen molar-refractivity contribution in [2.45, 2.75) is 31.8 Å². The van der Waals surface area contributed by atoms with Crippen LogP contribution >= 0.6 is 11.6 Å². The molecule has 31 heavy (non-hydrogen) atoms. The van der Waals surface area contributed by atoms with Gasteiger partial charge in [-0.25, -0.2) is 4.39 Å². The number of rotatable bonds is 7. The highest BCUT2D eigenvalue weighted by Crippen LogP contribution is 2.37. The zero-order valence-electron chi connectivity index (χ0n) is 17.1. The van der Waals surface area contributed by atoms with Crippen molar-refractivity contribution in [3.63, 3.8) is 0 Å². The molecular formula is C26H24ClFN2O. The minimum absolute atomic E-state index is 0.0402. The van der Waals surface area contributed by atoms with E-state index < -0.39 is 0 Å². The van der Waals surface area contributed by atoms with Crippen LogP contribution in [-0.2, 0) is 13.0 Å². The maximum Gasteiger partial charge on any atom is 0.156 e. The topological polar surface area (TPSA) is 37.2 Å². The zero-order valence-corrected chi connectivity index (χ0v) is 17.9. The molecule has 0 spiro atoms. The lowest BCUT2D eigenvalue weighted by atomic mass is 10.1. The third kappa shape index (κ3) is 4.18. The first-order valence-electron chi connectivity index (χ1n) is 10.7. The summed E-state index contributed by atoms with van der Waals surface area (Å²) in [5.74, 6) is -0.333. The van der Waals surface area contributed by atoms with Gasteiger partial charge in [0.25, 0.3) is 0 Å². The fourth-order valence-electron chi connectivity index (χ4n) is 4.08. The first kappa shape index (κ1) is 20.1. The smallest absolute Gasteiger partial charge is 0.156 e. The Morgan fingerprint density at radius 3 is 2.48 bits per heavy atom. The number of nitrogens with zero attached hydrogens (tertiary/aromatic N) is 1. The quantitative estimate of drug-likeness (QED) is 0.366. The van der Waals surface area contributed by atoms with Crippen LogP contribution in [0.5, 0.6) is 5.75 Å². The molecule has 0 aliphatic heterocycles. The van der Waals surface area contributed by atoms with Crippen molar-refractivity contribution in [2.24, 2.45) is 0 Å². The number of hydrogen-bond donors (Lipinski definition) is 2. The lowest BCUT2D eigenvalue weighted by Crippen LogP contribution is -2.19. The summed E-state index contributed by atoms with van der Waals surface area (Å²) in [6.45, 7) is 1.50. The molecule has 158 valence electrons. The van der Waals surface area contributed by atoms with Gasteiger partial charge in [-0.05, 0) is 61.2 Å². The maximum atomic E-state index is 15.5. The summed E-state index contributed by atoms with van der Waals surface area (Å²) in [4.78, 5) is 0. The number of fused-ring (bicyclic) bond motifs is 1. The van der Waals surface area contributed by atoms with Gasteiger partial charge in [-0.1, -0.05) is 54.1 Å². The van der Waals surface area contributed by atoms with Gasteiger partial charge in [-0.15, -0.1) is 0 Å². The predicted molar refractivity (Wildman–Crippen MR) is 124 cm³/mol. The van der Waals surface area contributed by atoms with E-state index in [2.05, 4.69) is 29.6 Å². The van der Waals surface area contributed by atoms with Crippen molar-refractivity contribution in [3.8, 4) is 17.0 Å². The van der Waals surface area contributed by atoms with Crippen LogP contribution < -0.4 is 5.32 Å². The highest BCUT2D eigenvalue weighted by Gasteiger charge is 2.21. The normalized spacial score (nSPS) is 13.7. The van der Waals surface area contributed by atoms with Gasteiger partial charge < -0.3 is 15.0 Å². The molecule has 0 amide bonds. The van der Waals surface area contributed by atoms with Crippen LogP contribution in [0.2, 0.25) is 5.02 Å². The molecule has 1 aliphatic rings. The van der Waals surface area contributed by atoms with E-state index in [-0.39, 0.29) is 11.6 Å². The fourth-order valence-corrected chi connectivity index (χ4v) is 4.31. The molecule has 0 atom stereocenters. The third-order valence-electron chi connectivity index (χ3n) is 5.90. The fraction of sp³-hybridized carbons (Fsp3) is 0.231. The Bertz CT molecular complexity index is 1230. The standard InChI is InChI=1S/C26H24ClFN2O/c27-23-4-2-1-3-21(23)26-25(28)22-15-20(31)11-12-24(22)30(26)16-18-7-5-17(6-8-18)13-14-29-19-9-10-19/h1-8,11-12,15,19,29,31H,9-10,13-14,16H2. The van der Waals surface area contributed by atoms with Gasteiger partial charge in [0.1, 0.15) is 5.75 Å². The number of phenolic OH excluding ortho intramolecular Hbond substituents is 1. The first-order valence-corrected chi connectivity index (χ1v) is 11.0. The van der Waals surface area contributed by atoms with E-state index in [1.807, 2.05) is 22.8 Å². The molecule has 5 heteroatoms. The van der Waals surface area contributed by atoms with Crippen molar-refractivity contribution in [1.29, 1.82) is 0 Å². The molecule has 3 nitrogen and oxygen atoms in total. The lowest BCUT2D eigenvalue weighted by molar-refractivity contribution is 0.476. The molecule has 1 saturated carbocycles. The molecular weight excluding hydrogens is 411 g/mol. The summed E-state index contributed by atoms with van der Waals surface area (Å²) < 4.78 is 17.5. The van der Waals surface area contributed by atoms with Crippen LogP contribution in [0, 0.1) is 5.82 Å². The van der Waals surface area contributed by atoms with Gasteiger partial charge in [0.2, 0.25) is 0 Å². The largest absolute Gasteiger partial charge is 0.508 e. The Kier molecular flexibility index (Phi) is 5.43. The molecule has 0 radical (unpaired) electrons. The monoisotopic (exact) mass is 434 g/mol. The number of nitrogens with one attached hydrogen (secondary N) is 1. The van der Waals surface area contributed by atoms with Gasteiger partial charge in [-0.2, -0.15) is 0 Å². The summed E-state index contributed by atoms with van der Waals surface area (Å²) in [6.07, 6.45) is 3.60. The van der Waals surface area contributed by atoms with Crippen molar-refractivity contribution in [2.75, 3.05) is 6.54 Å². The van der Waals surface area contributed by atoms with E-state index in [0.29, 0.717) is 28.2 Å². The minimum Gasteiger partial charge on any atom is -0.508 e.